The van der Waals surface area contributed by atoms with E-state index in [1.807, 2.05) is 0 Å². The van der Waals surface area contributed by atoms with Crippen LogP contribution >= 0.6 is 9.39 Å². The molecule has 1 unspecified atom stereocenters. The predicted octanol–water partition coefficient (Wildman–Crippen LogP) is 0.719. The van der Waals surface area contributed by atoms with E-state index >= 15 is 0 Å². The van der Waals surface area contributed by atoms with Gasteiger partial charge in [0, 0.05) is 12.4 Å². The summed E-state index contributed by atoms with van der Waals surface area (Å²) < 4.78 is 11.9. The Labute approximate surface area is 104 Å². The maximum atomic E-state index is 12.2. The molecule has 7 heteroatoms. The number of H-pyrrole nitrogens is 1. The summed E-state index contributed by atoms with van der Waals surface area (Å²) in [6.07, 6.45) is 2.05. The van der Waals surface area contributed by atoms with Gasteiger partial charge < -0.3 is 14.5 Å². The van der Waals surface area contributed by atoms with E-state index in [0.717, 1.165) is 0 Å². The van der Waals surface area contributed by atoms with Crippen LogP contribution in [0.4, 0.5) is 0 Å². The summed E-state index contributed by atoms with van der Waals surface area (Å²) in [6, 6.07) is 1.59. The first-order chi connectivity index (χ1) is 8.58. The molecule has 1 fully saturated rings. The van der Waals surface area contributed by atoms with E-state index in [4.69, 9.17) is 9.47 Å². The van der Waals surface area contributed by atoms with E-state index in [1.165, 1.54) is 16.7 Å². The summed E-state index contributed by atoms with van der Waals surface area (Å²) in [6.45, 7) is 1.75. The number of ether oxygens (including phenoxy) is 2. The van der Waals surface area contributed by atoms with Crippen molar-refractivity contribution in [2.75, 3.05) is 0 Å². The van der Waals surface area contributed by atoms with Crippen molar-refractivity contribution in [1.29, 1.82) is 0 Å². The molecule has 0 saturated carbocycles. The highest BCUT2D eigenvalue weighted by atomic mass is 31.0. The van der Waals surface area contributed by atoms with Crippen molar-refractivity contribution >= 4 is 20.3 Å². The summed E-state index contributed by atoms with van der Waals surface area (Å²) in [5, 5.41) is 0.336. The SMILES string of the molecule is CC1OC(c2c[nH]c3c(=O)n(P)ccc3c2=O)O1. The quantitative estimate of drug-likeness (QED) is 0.772. The van der Waals surface area contributed by atoms with Crippen molar-refractivity contribution in [3.63, 3.8) is 0 Å². The van der Waals surface area contributed by atoms with Gasteiger partial charge in [-0.2, -0.15) is 0 Å². The molecule has 0 radical (unpaired) electrons. The van der Waals surface area contributed by atoms with Gasteiger partial charge in [-0.15, -0.1) is 0 Å². The van der Waals surface area contributed by atoms with Crippen molar-refractivity contribution in [1.82, 2.24) is 9.32 Å². The fraction of sp³-hybridized carbons (Fsp3) is 0.273. The molecule has 3 rings (SSSR count). The summed E-state index contributed by atoms with van der Waals surface area (Å²) in [7, 11) is 2.26. The first kappa shape index (κ1) is 11.6. The Morgan fingerprint density at radius 3 is 2.78 bits per heavy atom. The zero-order chi connectivity index (χ0) is 12.9. The third-order valence-corrected chi connectivity index (χ3v) is 3.29. The minimum atomic E-state index is -0.647. The van der Waals surface area contributed by atoms with E-state index < -0.39 is 6.29 Å². The highest BCUT2D eigenvalue weighted by molar-refractivity contribution is 7.14. The standard InChI is InChI=1S/C11H11N2O4P/c1-5-16-11(17-5)7-4-12-8-6(9(7)14)2-3-13(18)10(8)15/h2-5,11H,18H2,1H3,(H,12,14). The van der Waals surface area contributed by atoms with Crippen LogP contribution in [0.25, 0.3) is 10.9 Å². The molecule has 1 aliphatic rings. The molecule has 0 aliphatic carbocycles. The molecule has 0 bridgehead atoms. The van der Waals surface area contributed by atoms with E-state index in [2.05, 4.69) is 14.4 Å². The lowest BCUT2D eigenvalue weighted by Crippen LogP contribution is -2.35. The zero-order valence-corrected chi connectivity index (χ0v) is 10.7. The van der Waals surface area contributed by atoms with Crippen molar-refractivity contribution < 1.29 is 9.47 Å². The van der Waals surface area contributed by atoms with E-state index in [1.54, 1.807) is 13.0 Å². The number of hydrogen-bond acceptors (Lipinski definition) is 4. The minimum Gasteiger partial charge on any atom is -0.356 e. The molecule has 0 amide bonds. The Morgan fingerprint density at radius 1 is 1.39 bits per heavy atom. The minimum absolute atomic E-state index is 0.247. The average molecular weight is 266 g/mol. The molecule has 0 spiro atoms. The number of nitrogens with one attached hydrogen (secondary N) is 1. The van der Waals surface area contributed by atoms with Gasteiger partial charge in [-0.05, 0) is 22.4 Å². The molecule has 1 aliphatic heterocycles. The fourth-order valence-corrected chi connectivity index (χ4v) is 2.15. The Kier molecular flexibility index (Phi) is 2.59. The normalized spacial score (nSPS) is 23.0. The summed E-state index contributed by atoms with van der Waals surface area (Å²) >= 11 is 0. The van der Waals surface area contributed by atoms with Crippen LogP contribution in [0.2, 0.25) is 0 Å². The van der Waals surface area contributed by atoms with Crippen LogP contribution < -0.4 is 11.0 Å². The zero-order valence-electron chi connectivity index (χ0n) is 9.54. The van der Waals surface area contributed by atoms with Gasteiger partial charge in [0.25, 0.3) is 5.56 Å². The number of aromatic amines is 1. The number of rotatable bonds is 1. The highest BCUT2D eigenvalue weighted by Gasteiger charge is 2.31. The highest BCUT2D eigenvalue weighted by Crippen LogP contribution is 2.29. The molecule has 1 N–H and O–H groups in total. The maximum Gasteiger partial charge on any atom is 0.277 e. The molecule has 18 heavy (non-hydrogen) atoms. The number of aromatic nitrogens is 2. The van der Waals surface area contributed by atoms with Gasteiger partial charge in [0.1, 0.15) is 5.52 Å². The lowest BCUT2D eigenvalue weighted by molar-refractivity contribution is -0.383. The predicted molar refractivity (Wildman–Crippen MR) is 68.3 cm³/mol. The molecule has 3 heterocycles. The maximum absolute atomic E-state index is 12.2. The molecule has 1 saturated heterocycles. The first-order valence-corrected chi connectivity index (χ1v) is 5.92. The van der Waals surface area contributed by atoms with Crippen molar-refractivity contribution in [2.45, 2.75) is 19.5 Å². The summed E-state index contributed by atoms with van der Waals surface area (Å²) in [5.41, 5.74) is 0.128. The van der Waals surface area contributed by atoms with Crippen LogP contribution in [0.3, 0.4) is 0 Å². The second kappa shape index (κ2) is 4.02. The second-order valence-corrected chi connectivity index (χ2v) is 4.62. The summed E-state index contributed by atoms with van der Waals surface area (Å²) in [4.78, 5) is 26.8. The largest absolute Gasteiger partial charge is 0.356 e. The van der Waals surface area contributed by atoms with Crippen molar-refractivity contribution in [3.05, 3.63) is 44.6 Å². The first-order valence-electron chi connectivity index (χ1n) is 5.41. The molecule has 2 aromatic rings. The molecular weight excluding hydrogens is 255 g/mol. The van der Waals surface area contributed by atoms with Crippen molar-refractivity contribution in [2.24, 2.45) is 0 Å². The van der Waals surface area contributed by atoms with E-state index in [9.17, 15) is 9.59 Å². The van der Waals surface area contributed by atoms with Gasteiger partial charge in [0.15, 0.2) is 18.0 Å². The lowest BCUT2D eigenvalue weighted by Gasteiger charge is -2.33. The summed E-state index contributed by atoms with van der Waals surface area (Å²) in [5.74, 6) is 0. The van der Waals surface area contributed by atoms with Crippen molar-refractivity contribution in [3.8, 4) is 0 Å². The monoisotopic (exact) mass is 266 g/mol. The van der Waals surface area contributed by atoms with Crippen LogP contribution in [0.5, 0.6) is 0 Å². The number of hydrogen-bond donors (Lipinski definition) is 1. The van der Waals surface area contributed by atoms with Gasteiger partial charge in [-0.3, -0.25) is 13.9 Å². The molecule has 2 aromatic heterocycles. The smallest absolute Gasteiger partial charge is 0.277 e. The van der Waals surface area contributed by atoms with E-state index in [-0.39, 0.29) is 22.8 Å². The van der Waals surface area contributed by atoms with Crippen LogP contribution in [0, 0.1) is 0 Å². The van der Waals surface area contributed by atoms with Gasteiger partial charge in [0.05, 0.1) is 10.9 Å². The molecular formula is C11H11N2O4P. The van der Waals surface area contributed by atoms with Crippen LogP contribution in [-0.4, -0.2) is 15.6 Å². The van der Waals surface area contributed by atoms with Gasteiger partial charge >= 0.3 is 0 Å². The van der Waals surface area contributed by atoms with Gasteiger partial charge in [-0.25, -0.2) is 0 Å². The Bertz CT molecular complexity index is 730. The van der Waals surface area contributed by atoms with Gasteiger partial charge in [-0.1, -0.05) is 0 Å². The third kappa shape index (κ3) is 1.61. The molecule has 0 aromatic carbocycles. The average Bonchev–Trinajstić information content (AvgIpc) is 2.31. The van der Waals surface area contributed by atoms with E-state index in [0.29, 0.717) is 10.9 Å². The van der Waals surface area contributed by atoms with Crippen LogP contribution in [0.15, 0.2) is 28.0 Å². The Morgan fingerprint density at radius 2 is 2.11 bits per heavy atom. The Balaban J connectivity index is 2.21. The molecule has 6 nitrogen and oxygen atoms in total. The number of fused-ring (bicyclic) bond motifs is 1. The van der Waals surface area contributed by atoms with Crippen LogP contribution in [-0.2, 0) is 9.47 Å². The van der Waals surface area contributed by atoms with Gasteiger partial charge in [0.2, 0.25) is 0 Å². The second-order valence-electron chi connectivity index (χ2n) is 4.06. The lowest BCUT2D eigenvalue weighted by atomic mass is 10.1. The third-order valence-electron chi connectivity index (χ3n) is 2.88. The number of nitrogens with zero attached hydrogens (tertiary/aromatic N) is 1. The molecule has 1 atom stereocenters. The van der Waals surface area contributed by atoms with Crippen LogP contribution in [0.1, 0.15) is 18.8 Å². The Hall–Kier alpha value is -1.49. The molecule has 94 valence electrons. The topological polar surface area (TPSA) is 73.3 Å². The fourth-order valence-electron chi connectivity index (χ4n) is 1.93. The number of pyridine rings is 2.